The lowest BCUT2D eigenvalue weighted by atomic mass is 10.2. The number of amides is 1. The molecular weight excluding hydrogens is 502 g/mol. The average Bonchev–Trinajstić information content (AvgIpc) is 3.52. The highest BCUT2D eigenvalue weighted by Crippen LogP contribution is 2.32. The van der Waals surface area contributed by atoms with Gasteiger partial charge in [0.2, 0.25) is 5.91 Å². The Morgan fingerprint density at radius 1 is 1.05 bits per heavy atom. The van der Waals surface area contributed by atoms with Crippen molar-refractivity contribution in [1.29, 1.82) is 0 Å². The number of hydrogen-bond acceptors (Lipinski definition) is 7. The van der Waals surface area contributed by atoms with Crippen molar-refractivity contribution in [3.63, 3.8) is 0 Å². The van der Waals surface area contributed by atoms with Crippen LogP contribution in [0.15, 0.2) is 71.9 Å². The third kappa shape index (κ3) is 5.52. The Bertz CT molecular complexity index is 1540. The summed E-state index contributed by atoms with van der Waals surface area (Å²) in [7, 11) is 0. The SMILES string of the molecule is CCOc1ccccc1-c1nnc(SCC(=O)Nc2ccc(-c3nc4ccc(C)cc4s3)cc2)n1CC. The summed E-state index contributed by atoms with van der Waals surface area (Å²) in [5.74, 6) is 1.63. The highest BCUT2D eigenvalue weighted by atomic mass is 32.2. The number of benzene rings is 3. The van der Waals surface area contributed by atoms with E-state index < -0.39 is 0 Å². The zero-order valence-corrected chi connectivity index (χ0v) is 22.5. The molecule has 1 amide bonds. The summed E-state index contributed by atoms with van der Waals surface area (Å²) in [5.41, 5.74) is 4.89. The van der Waals surface area contributed by atoms with Crippen molar-refractivity contribution < 1.29 is 9.53 Å². The Kier molecular flexibility index (Phi) is 7.52. The van der Waals surface area contributed by atoms with Crippen LogP contribution in [0.3, 0.4) is 0 Å². The Labute approximate surface area is 223 Å². The van der Waals surface area contributed by atoms with Crippen LogP contribution in [-0.4, -0.2) is 38.0 Å². The second-order valence-electron chi connectivity index (χ2n) is 8.38. The van der Waals surface area contributed by atoms with Gasteiger partial charge in [-0.1, -0.05) is 30.0 Å². The molecule has 0 bridgehead atoms. The molecule has 2 heterocycles. The van der Waals surface area contributed by atoms with E-state index in [2.05, 4.69) is 40.6 Å². The Morgan fingerprint density at radius 2 is 1.86 bits per heavy atom. The Morgan fingerprint density at radius 3 is 2.65 bits per heavy atom. The topological polar surface area (TPSA) is 81.9 Å². The fraction of sp³-hybridized carbons (Fsp3) is 0.214. The summed E-state index contributed by atoms with van der Waals surface area (Å²) < 4.78 is 8.94. The van der Waals surface area contributed by atoms with Crippen molar-refractivity contribution in [2.45, 2.75) is 32.5 Å². The normalized spacial score (nSPS) is 11.1. The lowest BCUT2D eigenvalue weighted by molar-refractivity contribution is -0.113. The molecule has 0 unspecified atom stereocenters. The van der Waals surface area contributed by atoms with Crippen LogP contribution in [0.25, 0.3) is 32.2 Å². The number of rotatable bonds is 9. The van der Waals surface area contributed by atoms with E-state index in [1.54, 1.807) is 11.3 Å². The zero-order valence-electron chi connectivity index (χ0n) is 20.9. The van der Waals surface area contributed by atoms with Crippen LogP contribution in [0, 0.1) is 6.92 Å². The molecule has 7 nitrogen and oxygen atoms in total. The van der Waals surface area contributed by atoms with Gasteiger partial charge in [0.05, 0.1) is 28.1 Å². The van der Waals surface area contributed by atoms with Gasteiger partial charge in [0.25, 0.3) is 0 Å². The van der Waals surface area contributed by atoms with Crippen molar-refractivity contribution in [3.8, 4) is 27.7 Å². The first-order chi connectivity index (χ1) is 18.1. The van der Waals surface area contributed by atoms with Gasteiger partial charge in [0, 0.05) is 17.8 Å². The molecule has 5 rings (SSSR count). The first-order valence-corrected chi connectivity index (χ1v) is 13.9. The molecule has 0 saturated heterocycles. The molecule has 1 N–H and O–H groups in total. The summed E-state index contributed by atoms with van der Waals surface area (Å²) in [6.45, 7) is 7.33. The maximum atomic E-state index is 12.7. The number of thioether (sulfide) groups is 1. The van der Waals surface area contributed by atoms with E-state index in [1.165, 1.54) is 22.0 Å². The fourth-order valence-electron chi connectivity index (χ4n) is 3.99. The summed E-state index contributed by atoms with van der Waals surface area (Å²) >= 11 is 3.04. The third-order valence-electron chi connectivity index (χ3n) is 5.75. The molecule has 0 aliphatic carbocycles. The molecule has 3 aromatic carbocycles. The van der Waals surface area contributed by atoms with E-state index in [-0.39, 0.29) is 11.7 Å². The largest absolute Gasteiger partial charge is 0.493 e. The van der Waals surface area contributed by atoms with Crippen LogP contribution in [0.2, 0.25) is 0 Å². The summed E-state index contributed by atoms with van der Waals surface area (Å²) in [6.07, 6.45) is 0. The number of nitrogens with zero attached hydrogens (tertiary/aromatic N) is 4. The Hall–Kier alpha value is -3.69. The van der Waals surface area contributed by atoms with E-state index in [0.717, 1.165) is 38.9 Å². The molecule has 9 heteroatoms. The number of aromatic nitrogens is 4. The maximum Gasteiger partial charge on any atom is 0.234 e. The molecule has 0 aliphatic heterocycles. The van der Waals surface area contributed by atoms with Crippen molar-refractivity contribution in [2.24, 2.45) is 0 Å². The van der Waals surface area contributed by atoms with Gasteiger partial charge in [0.1, 0.15) is 10.8 Å². The van der Waals surface area contributed by atoms with Crippen LogP contribution >= 0.6 is 23.1 Å². The van der Waals surface area contributed by atoms with Crippen molar-refractivity contribution in [1.82, 2.24) is 19.7 Å². The van der Waals surface area contributed by atoms with Gasteiger partial charge in [-0.05, 0) is 74.9 Å². The monoisotopic (exact) mass is 529 g/mol. The minimum absolute atomic E-state index is 0.102. The van der Waals surface area contributed by atoms with Gasteiger partial charge in [-0.25, -0.2) is 4.98 Å². The molecule has 2 aromatic heterocycles. The molecule has 5 aromatic rings. The van der Waals surface area contributed by atoms with Gasteiger partial charge >= 0.3 is 0 Å². The van der Waals surface area contributed by atoms with Crippen molar-refractivity contribution in [3.05, 3.63) is 72.3 Å². The number of carbonyl (C=O) groups is 1. The van der Waals surface area contributed by atoms with Crippen LogP contribution < -0.4 is 10.1 Å². The van der Waals surface area contributed by atoms with Crippen molar-refractivity contribution in [2.75, 3.05) is 17.7 Å². The number of ether oxygens (including phenoxy) is 1. The summed E-state index contributed by atoms with van der Waals surface area (Å²) in [5, 5.41) is 13.4. The third-order valence-corrected chi connectivity index (χ3v) is 7.79. The highest BCUT2D eigenvalue weighted by molar-refractivity contribution is 7.99. The molecule has 0 fully saturated rings. The second kappa shape index (κ2) is 11.1. The summed E-state index contributed by atoms with van der Waals surface area (Å²) in [6, 6.07) is 21.9. The Balaban J connectivity index is 1.23. The quantitative estimate of drug-likeness (QED) is 0.215. The number of hydrogen-bond donors (Lipinski definition) is 1. The van der Waals surface area contributed by atoms with Gasteiger partial charge in [-0.15, -0.1) is 21.5 Å². The predicted octanol–water partition coefficient (Wildman–Crippen LogP) is 6.68. The molecule has 0 atom stereocenters. The van der Waals surface area contributed by atoms with E-state index in [0.29, 0.717) is 18.3 Å². The molecule has 0 spiro atoms. The predicted molar refractivity (Wildman–Crippen MR) is 151 cm³/mol. The van der Waals surface area contributed by atoms with Crippen LogP contribution in [0.1, 0.15) is 19.4 Å². The number of anilines is 1. The van der Waals surface area contributed by atoms with Gasteiger partial charge in [0.15, 0.2) is 11.0 Å². The standard InChI is InChI=1S/C28H27N5O2S2/c1-4-33-26(21-8-6-7-9-23(21)35-5-2)31-32-28(33)36-17-25(34)29-20-13-11-19(12-14-20)27-30-22-15-10-18(3)16-24(22)37-27/h6-16H,4-5,17H2,1-3H3,(H,29,34). The van der Waals surface area contributed by atoms with Crippen LogP contribution in [0.4, 0.5) is 5.69 Å². The molecule has 37 heavy (non-hydrogen) atoms. The minimum Gasteiger partial charge on any atom is -0.493 e. The number of fused-ring (bicyclic) bond motifs is 1. The number of aryl methyl sites for hydroxylation is 1. The van der Waals surface area contributed by atoms with E-state index >= 15 is 0 Å². The first-order valence-electron chi connectivity index (χ1n) is 12.1. The molecule has 0 saturated carbocycles. The highest BCUT2D eigenvalue weighted by Gasteiger charge is 2.17. The van der Waals surface area contributed by atoms with Crippen LogP contribution in [-0.2, 0) is 11.3 Å². The smallest absolute Gasteiger partial charge is 0.234 e. The number of carbonyl (C=O) groups excluding carboxylic acids is 1. The first kappa shape index (κ1) is 25.0. The number of para-hydroxylation sites is 1. The fourth-order valence-corrected chi connectivity index (χ4v) is 5.86. The van der Waals surface area contributed by atoms with Gasteiger partial charge in [-0.3, -0.25) is 4.79 Å². The van der Waals surface area contributed by atoms with Crippen LogP contribution in [0.5, 0.6) is 5.75 Å². The number of thiazole rings is 1. The maximum absolute atomic E-state index is 12.7. The molecule has 188 valence electrons. The number of nitrogens with one attached hydrogen (secondary N) is 1. The molecular formula is C28H27N5O2S2. The molecule has 0 radical (unpaired) electrons. The summed E-state index contributed by atoms with van der Waals surface area (Å²) in [4.78, 5) is 17.4. The minimum atomic E-state index is -0.102. The van der Waals surface area contributed by atoms with Gasteiger partial charge < -0.3 is 14.6 Å². The van der Waals surface area contributed by atoms with Crippen molar-refractivity contribution >= 4 is 44.9 Å². The average molecular weight is 530 g/mol. The second-order valence-corrected chi connectivity index (χ2v) is 10.4. The van der Waals surface area contributed by atoms with Gasteiger partial charge in [-0.2, -0.15) is 0 Å². The lowest BCUT2D eigenvalue weighted by Gasteiger charge is -2.11. The van der Waals surface area contributed by atoms with E-state index in [1.807, 2.05) is 66.9 Å². The zero-order chi connectivity index (χ0) is 25.8. The molecule has 0 aliphatic rings. The van der Waals surface area contributed by atoms with E-state index in [9.17, 15) is 4.79 Å². The van der Waals surface area contributed by atoms with E-state index in [4.69, 9.17) is 9.72 Å². The lowest BCUT2D eigenvalue weighted by Crippen LogP contribution is -2.14.